The van der Waals surface area contributed by atoms with E-state index in [1.807, 2.05) is 18.2 Å². The van der Waals surface area contributed by atoms with E-state index in [-0.39, 0.29) is 5.91 Å². The van der Waals surface area contributed by atoms with E-state index in [4.69, 9.17) is 9.47 Å². The summed E-state index contributed by atoms with van der Waals surface area (Å²) >= 11 is 0. The number of nitrogens with zero attached hydrogens (tertiary/aromatic N) is 1. The van der Waals surface area contributed by atoms with Gasteiger partial charge in [0, 0.05) is 19.7 Å². The normalized spacial score (nSPS) is 10.1. The van der Waals surface area contributed by atoms with Crippen molar-refractivity contribution in [3.63, 3.8) is 0 Å². The molecule has 0 heterocycles. The number of hydrogen-bond acceptors (Lipinski definition) is 4. The number of ether oxygens (including phenoxy) is 2. The summed E-state index contributed by atoms with van der Waals surface area (Å²) in [6.07, 6.45) is 0.749. The second kappa shape index (κ2) is 7.63. The minimum absolute atomic E-state index is 0.0787. The first-order chi connectivity index (χ1) is 9.12. The van der Waals surface area contributed by atoms with Crippen molar-refractivity contribution < 1.29 is 14.3 Å². The summed E-state index contributed by atoms with van der Waals surface area (Å²) in [5.74, 6) is 1.63. The molecule has 1 rings (SSSR count). The standard InChI is InChI=1S/C14H22N2O3/c1-15-10-14(17)16(2)8-7-11-5-6-12(18-3)9-13(11)19-4/h5-6,9,15H,7-8,10H2,1-4H3. The Morgan fingerprint density at radius 2 is 2.05 bits per heavy atom. The first-order valence-corrected chi connectivity index (χ1v) is 6.21. The second-order valence-corrected chi connectivity index (χ2v) is 4.27. The lowest BCUT2D eigenvalue weighted by Crippen LogP contribution is -2.35. The Kier molecular flexibility index (Phi) is 6.15. The molecule has 0 aliphatic rings. The third-order valence-corrected chi connectivity index (χ3v) is 2.96. The van der Waals surface area contributed by atoms with Gasteiger partial charge in [-0.25, -0.2) is 0 Å². The van der Waals surface area contributed by atoms with Gasteiger partial charge in [0.05, 0.1) is 20.8 Å². The molecule has 0 aromatic heterocycles. The maximum absolute atomic E-state index is 11.6. The molecule has 0 unspecified atom stereocenters. The van der Waals surface area contributed by atoms with Crippen LogP contribution >= 0.6 is 0 Å². The lowest BCUT2D eigenvalue weighted by atomic mass is 10.1. The van der Waals surface area contributed by atoms with Gasteiger partial charge in [-0.1, -0.05) is 6.07 Å². The van der Waals surface area contributed by atoms with Gasteiger partial charge in [-0.3, -0.25) is 4.79 Å². The fourth-order valence-corrected chi connectivity index (χ4v) is 1.76. The first-order valence-electron chi connectivity index (χ1n) is 6.21. The van der Waals surface area contributed by atoms with Crippen LogP contribution in [0.2, 0.25) is 0 Å². The van der Waals surface area contributed by atoms with E-state index in [0.29, 0.717) is 13.1 Å². The molecule has 106 valence electrons. The number of likely N-dealkylation sites (N-methyl/N-ethyl adjacent to an activating group) is 2. The Balaban J connectivity index is 2.64. The zero-order valence-electron chi connectivity index (χ0n) is 12.0. The fourth-order valence-electron chi connectivity index (χ4n) is 1.76. The molecule has 1 N–H and O–H groups in total. The van der Waals surface area contributed by atoms with Gasteiger partial charge in [0.2, 0.25) is 5.91 Å². The van der Waals surface area contributed by atoms with E-state index in [9.17, 15) is 4.79 Å². The van der Waals surface area contributed by atoms with Crippen LogP contribution in [0.5, 0.6) is 11.5 Å². The number of hydrogen-bond donors (Lipinski definition) is 1. The highest BCUT2D eigenvalue weighted by atomic mass is 16.5. The van der Waals surface area contributed by atoms with Crippen LogP contribution in [0.4, 0.5) is 0 Å². The van der Waals surface area contributed by atoms with Crippen LogP contribution < -0.4 is 14.8 Å². The third kappa shape index (κ3) is 4.44. The molecule has 5 heteroatoms. The van der Waals surface area contributed by atoms with E-state index < -0.39 is 0 Å². The van der Waals surface area contributed by atoms with Crippen molar-refractivity contribution in [3.05, 3.63) is 23.8 Å². The minimum Gasteiger partial charge on any atom is -0.497 e. The topological polar surface area (TPSA) is 50.8 Å². The predicted molar refractivity (Wildman–Crippen MR) is 74.8 cm³/mol. The van der Waals surface area contributed by atoms with Gasteiger partial charge in [-0.05, 0) is 25.1 Å². The number of carbonyl (C=O) groups excluding carboxylic acids is 1. The summed E-state index contributed by atoms with van der Waals surface area (Å²) in [5.41, 5.74) is 1.06. The minimum atomic E-state index is 0.0787. The van der Waals surface area contributed by atoms with Crippen LogP contribution in [0, 0.1) is 0 Å². The molecule has 0 atom stereocenters. The van der Waals surface area contributed by atoms with Crippen LogP contribution in [0.25, 0.3) is 0 Å². The van der Waals surface area contributed by atoms with Gasteiger partial charge in [0.15, 0.2) is 0 Å². The van der Waals surface area contributed by atoms with Gasteiger partial charge < -0.3 is 19.7 Å². The molecule has 5 nitrogen and oxygen atoms in total. The maximum atomic E-state index is 11.6. The summed E-state index contributed by atoms with van der Waals surface area (Å²) in [6.45, 7) is 1.01. The molecule has 0 saturated carbocycles. The first kappa shape index (κ1) is 15.3. The lowest BCUT2D eigenvalue weighted by Gasteiger charge is -2.18. The van der Waals surface area contributed by atoms with Crippen LogP contribution in [0.1, 0.15) is 5.56 Å². The number of amides is 1. The maximum Gasteiger partial charge on any atom is 0.236 e. The Morgan fingerprint density at radius 3 is 2.63 bits per heavy atom. The van der Waals surface area contributed by atoms with Crippen molar-refractivity contribution in [3.8, 4) is 11.5 Å². The van der Waals surface area contributed by atoms with E-state index in [1.54, 1.807) is 33.2 Å². The van der Waals surface area contributed by atoms with E-state index in [2.05, 4.69) is 5.32 Å². The summed E-state index contributed by atoms with van der Waals surface area (Å²) in [4.78, 5) is 13.3. The smallest absolute Gasteiger partial charge is 0.236 e. The molecular weight excluding hydrogens is 244 g/mol. The van der Waals surface area contributed by atoms with Gasteiger partial charge in [-0.2, -0.15) is 0 Å². The molecule has 0 fully saturated rings. The molecule has 0 aliphatic heterocycles. The zero-order chi connectivity index (χ0) is 14.3. The molecule has 19 heavy (non-hydrogen) atoms. The Bertz CT molecular complexity index is 421. The highest BCUT2D eigenvalue weighted by Crippen LogP contribution is 2.24. The van der Waals surface area contributed by atoms with Gasteiger partial charge in [0.25, 0.3) is 0 Å². The highest BCUT2D eigenvalue weighted by Gasteiger charge is 2.10. The number of nitrogens with one attached hydrogen (secondary N) is 1. The average Bonchev–Trinajstić information content (AvgIpc) is 2.44. The zero-order valence-corrected chi connectivity index (χ0v) is 12.0. The van der Waals surface area contributed by atoms with Crippen molar-refractivity contribution >= 4 is 5.91 Å². The number of carbonyl (C=O) groups is 1. The Hall–Kier alpha value is -1.75. The van der Waals surface area contributed by atoms with Crippen LogP contribution in [-0.4, -0.2) is 52.2 Å². The quantitative estimate of drug-likeness (QED) is 0.797. The largest absolute Gasteiger partial charge is 0.497 e. The molecule has 1 amide bonds. The molecule has 0 radical (unpaired) electrons. The third-order valence-electron chi connectivity index (χ3n) is 2.96. The average molecular weight is 266 g/mol. The van der Waals surface area contributed by atoms with Crippen LogP contribution in [-0.2, 0) is 11.2 Å². The lowest BCUT2D eigenvalue weighted by molar-refractivity contribution is -0.128. The van der Waals surface area contributed by atoms with Crippen molar-refractivity contribution in [1.82, 2.24) is 10.2 Å². The monoisotopic (exact) mass is 266 g/mol. The van der Waals surface area contributed by atoms with E-state index in [1.165, 1.54) is 0 Å². The number of benzene rings is 1. The summed E-state index contributed by atoms with van der Waals surface area (Å²) < 4.78 is 10.5. The van der Waals surface area contributed by atoms with Crippen molar-refractivity contribution in [1.29, 1.82) is 0 Å². The SMILES string of the molecule is CNCC(=O)N(C)CCc1ccc(OC)cc1OC. The van der Waals surface area contributed by atoms with Gasteiger partial charge in [0.1, 0.15) is 11.5 Å². The number of methoxy groups -OCH3 is 2. The predicted octanol–water partition coefficient (Wildman–Crippen LogP) is 0.924. The summed E-state index contributed by atoms with van der Waals surface area (Å²) in [7, 11) is 6.82. The van der Waals surface area contributed by atoms with Crippen molar-refractivity contribution in [2.75, 3.05) is 41.4 Å². The molecule has 0 bridgehead atoms. The van der Waals surface area contributed by atoms with Crippen molar-refractivity contribution in [2.45, 2.75) is 6.42 Å². The van der Waals surface area contributed by atoms with E-state index >= 15 is 0 Å². The van der Waals surface area contributed by atoms with Gasteiger partial charge >= 0.3 is 0 Å². The Labute approximate surface area is 114 Å². The molecule has 1 aromatic rings. The Morgan fingerprint density at radius 1 is 1.32 bits per heavy atom. The molecule has 1 aromatic carbocycles. The summed E-state index contributed by atoms with van der Waals surface area (Å²) in [6, 6.07) is 5.71. The molecule has 0 spiro atoms. The van der Waals surface area contributed by atoms with Gasteiger partial charge in [-0.15, -0.1) is 0 Å². The molecule has 0 saturated heterocycles. The second-order valence-electron chi connectivity index (χ2n) is 4.27. The van der Waals surface area contributed by atoms with E-state index in [0.717, 1.165) is 23.5 Å². The molecule has 0 aliphatic carbocycles. The summed E-state index contributed by atoms with van der Waals surface area (Å²) in [5, 5.41) is 2.85. The van der Waals surface area contributed by atoms with Crippen LogP contribution in [0.3, 0.4) is 0 Å². The fraction of sp³-hybridized carbons (Fsp3) is 0.500. The molecular formula is C14H22N2O3. The van der Waals surface area contributed by atoms with Crippen molar-refractivity contribution in [2.24, 2.45) is 0 Å². The van der Waals surface area contributed by atoms with Crippen LogP contribution in [0.15, 0.2) is 18.2 Å². The highest BCUT2D eigenvalue weighted by molar-refractivity contribution is 5.77. The number of rotatable bonds is 7.